The van der Waals surface area contributed by atoms with Crippen LogP contribution in [0.5, 0.6) is 5.75 Å². The molecule has 0 spiro atoms. The van der Waals surface area contributed by atoms with Crippen LogP contribution in [-0.4, -0.2) is 55.7 Å². The topological polar surface area (TPSA) is 15.7 Å². The van der Waals surface area contributed by atoms with E-state index in [-0.39, 0.29) is 0 Å². The smallest absolute Gasteiger partial charge is 0.119 e. The largest absolute Gasteiger partial charge is 0.492 e. The van der Waals surface area contributed by atoms with Gasteiger partial charge in [-0.3, -0.25) is 4.90 Å². The Bertz CT molecular complexity index is 398. The van der Waals surface area contributed by atoms with Crippen molar-refractivity contribution in [1.29, 1.82) is 0 Å². The molecule has 0 unspecified atom stereocenters. The molecular weight excluding hydrogens is 248 g/mol. The summed E-state index contributed by atoms with van der Waals surface area (Å²) in [6, 6.07) is 8.28. The molecule has 112 valence electrons. The molecule has 2 rings (SSSR count). The van der Waals surface area contributed by atoms with Crippen LogP contribution in [0.1, 0.15) is 19.4 Å². The van der Waals surface area contributed by atoms with Gasteiger partial charge in [0.1, 0.15) is 12.4 Å². The normalized spacial score (nSPS) is 17.6. The molecule has 1 aliphatic rings. The van der Waals surface area contributed by atoms with E-state index in [1.807, 2.05) is 6.07 Å². The van der Waals surface area contributed by atoms with Crippen LogP contribution in [0.2, 0.25) is 0 Å². The number of ether oxygens (including phenoxy) is 1. The number of hydrogen-bond acceptors (Lipinski definition) is 3. The first-order valence-corrected chi connectivity index (χ1v) is 7.77. The first-order valence-electron chi connectivity index (χ1n) is 7.77. The van der Waals surface area contributed by atoms with Crippen LogP contribution >= 0.6 is 0 Å². The number of piperazine rings is 1. The summed E-state index contributed by atoms with van der Waals surface area (Å²) < 4.78 is 5.83. The molecular formula is C17H28N2O. The van der Waals surface area contributed by atoms with Gasteiger partial charge in [0.25, 0.3) is 0 Å². The van der Waals surface area contributed by atoms with Gasteiger partial charge in [0, 0.05) is 39.3 Å². The minimum absolute atomic E-state index is 0.770. The third kappa shape index (κ3) is 5.14. The molecule has 20 heavy (non-hydrogen) atoms. The van der Waals surface area contributed by atoms with Gasteiger partial charge in [-0.05, 0) is 30.5 Å². The lowest BCUT2D eigenvalue weighted by atomic mass is 10.2. The van der Waals surface area contributed by atoms with Gasteiger partial charge in [-0.25, -0.2) is 0 Å². The SMILES string of the molecule is Cc1cccc(OCCN2CCN(CC(C)C)CC2)c1. The molecule has 1 aromatic rings. The predicted octanol–water partition coefficient (Wildman–Crippen LogP) is 2.65. The van der Waals surface area contributed by atoms with Crippen LogP contribution in [0, 0.1) is 12.8 Å². The summed E-state index contributed by atoms with van der Waals surface area (Å²) >= 11 is 0. The van der Waals surface area contributed by atoms with E-state index in [4.69, 9.17) is 4.74 Å². The highest BCUT2D eigenvalue weighted by atomic mass is 16.5. The molecule has 0 atom stereocenters. The molecule has 0 N–H and O–H groups in total. The standard InChI is InChI=1S/C17H28N2O/c1-15(2)14-19-9-7-18(8-10-19)11-12-20-17-6-4-5-16(3)13-17/h4-6,13,15H,7-12,14H2,1-3H3. The van der Waals surface area contributed by atoms with Gasteiger partial charge < -0.3 is 9.64 Å². The highest BCUT2D eigenvalue weighted by molar-refractivity contribution is 5.27. The molecule has 3 heteroatoms. The van der Waals surface area contributed by atoms with E-state index in [2.05, 4.69) is 48.8 Å². The summed E-state index contributed by atoms with van der Waals surface area (Å²) in [5, 5.41) is 0. The Morgan fingerprint density at radius 1 is 1.10 bits per heavy atom. The van der Waals surface area contributed by atoms with Crippen LogP contribution in [-0.2, 0) is 0 Å². The zero-order chi connectivity index (χ0) is 14.4. The van der Waals surface area contributed by atoms with E-state index in [0.29, 0.717) is 0 Å². The van der Waals surface area contributed by atoms with Gasteiger partial charge in [-0.1, -0.05) is 26.0 Å². The molecule has 1 aliphatic heterocycles. The van der Waals surface area contributed by atoms with Crippen molar-refractivity contribution in [2.45, 2.75) is 20.8 Å². The molecule has 0 saturated carbocycles. The summed E-state index contributed by atoms with van der Waals surface area (Å²) in [4.78, 5) is 5.08. The number of benzene rings is 1. The second kappa shape index (κ2) is 7.65. The van der Waals surface area contributed by atoms with Crippen molar-refractivity contribution in [1.82, 2.24) is 9.80 Å². The summed E-state index contributed by atoms with van der Waals surface area (Å²) in [6.45, 7) is 14.5. The lowest BCUT2D eigenvalue weighted by Crippen LogP contribution is -2.48. The first-order chi connectivity index (χ1) is 9.63. The van der Waals surface area contributed by atoms with Crippen molar-refractivity contribution in [3.8, 4) is 5.75 Å². The van der Waals surface area contributed by atoms with Crippen LogP contribution in [0.15, 0.2) is 24.3 Å². The Balaban J connectivity index is 1.64. The van der Waals surface area contributed by atoms with E-state index >= 15 is 0 Å². The number of aryl methyl sites for hydroxylation is 1. The van der Waals surface area contributed by atoms with E-state index in [1.165, 1.54) is 38.3 Å². The fraction of sp³-hybridized carbons (Fsp3) is 0.647. The van der Waals surface area contributed by atoms with Crippen molar-refractivity contribution >= 4 is 0 Å². The first kappa shape index (κ1) is 15.3. The molecule has 1 heterocycles. The lowest BCUT2D eigenvalue weighted by Gasteiger charge is -2.35. The zero-order valence-electron chi connectivity index (χ0n) is 13.1. The maximum absolute atomic E-state index is 5.83. The van der Waals surface area contributed by atoms with Crippen molar-refractivity contribution in [2.75, 3.05) is 45.9 Å². The molecule has 0 amide bonds. The van der Waals surface area contributed by atoms with E-state index < -0.39 is 0 Å². The molecule has 0 aliphatic carbocycles. The van der Waals surface area contributed by atoms with Crippen LogP contribution in [0.3, 0.4) is 0 Å². The van der Waals surface area contributed by atoms with Crippen molar-refractivity contribution < 1.29 is 4.74 Å². The highest BCUT2D eigenvalue weighted by Crippen LogP contribution is 2.12. The summed E-state index contributed by atoms with van der Waals surface area (Å²) in [5.41, 5.74) is 1.25. The van der Waals surface area contributed by atoms with Gasteiger partial charge >= 0.3 is 0 Å². The summed E-state index contributed by atoms with van der Waals surface area (Å²) in [5.74, 6) is 1.76. The van der Waals surface area contributed by atoms with Crippen LogP contribution in [0.25, 0.3) is 0 Å². The minimum Gasteiger partial charge on any atom is -0.492 e. The van der Waals surface area contributed by atoms with Gasteiger partial charge in [-0.2, -0.15) is 0 Å². The monoisotopic (exact) mass is 276 g/mol. The molecule has 1 aromatic carbocycles. The maximum Gasteiger partial charge on any atom is 0.119 e. The Kier molecular flexibility index (Phi) is 5.86. The fourth-order valence-electron chi connectivity index (χ4n) is 2.71. The van der Waals surface area contributed by atoms with Crippen LogP contribution < -0.4 is 4.74 Å². The van der Waals surface area contributed by atoms with Gasteiger partial charge in [0.05, 0.1) is 0 Å². The van der Waals surface area contributed by atoms with Gasteiger partial charge in [0.15, 0.2) is 0 Å². The van der Waals surface area contributed by atoms with E-state index in [0.717, 1.165) is 24.8 Å². The summed E-state index contributed by atoms with van der Waals surface area (Å²) in [7, 11) is 0. The van der Waals surface area contributed by atoms with Gasteiger partial charge in [0.2, 0.25) is 0 Å². The summed E-state index contributed by atoms with van der Waals surface area (Å²) in [6.07, 6.45) is 0. The van der Waals surface area contributed by atoms with Gasteiger partial charge in [-0.15, -0.1) is 0 Å². The zero-order valence-corrected chi connectivity index (χ0v) is 13.1. The number of rotatable bonds is 6. The van der Waals surface area contributed by atoms with E-state index in [9.17, 15) is 0 Å². The van der Waals surface area contributed by atoms with Crippen molar-refractivity contribution in [2.24, 2.45) is 5.92 Å². The lowest BCUT2D eigenvalue weighted by molar-refractivity contribution is 0.109. The molecule has 0 bridgehead atoms. The van der Waals surface area contributed by atoms with Crippen molar-refractivity contribution in [3.63, 3.8) is 0 Å². The molecule has 1 saturated heterocycles. The third-order valence-corrected chi connectivity index (χ3v) is 3.75. The molecule has 3 nitrogen and oxygen atoms in total. The quantitative estimate of drug-likeness (QED) is 0.794. The Hall–Kier alpha value is -1.06. The third-order valence-electron chi connectivity index (χ3n) is 3.75. The van der Waals surface area contributed by atoms with Crippen LogP contribution in [0.4, 0.5) is 0 Å². The minimum atomic E-state index is 0.770. The number of hydrogen-bond donors (Lipinski definition) is 0. The molecule has 0 aromatic heterocycles. The predicted molar refractivity (Wildman–Crippen MR) is 84.4 cm³/mol. The second-order valence-corrected chi connectivity index (χ2v) is 6.20. The fourth-order valence-corrected chi connectivity index (χ4v) is 2.71. The Morgan fingerprint density at radius 3 is 2.45 bits per heavy atom. The number of nitrogens with zero attached hydrogens (tertiary/aromatic N) is 2. The molecule has 0 radical (unpaired) electrons. The molecule has 1 fully saturated rings. The average molecular weight is 276 g/mol. The van der Waals surface area contributed by atoms with E-state index in [1.54, 1.807) is 0 Å². The Morgan fingerprint density at radius 2 is 1.80 bits per heavy atom. The highest BCUT2D eigenvalue weighted by Gasteiger charge is 2.16. The van der Waals surface area contributed by atoms with Crippen molar-refractivity contribution in [3.05, 3.63) is 29.8 Å². The second-order valence-electron chi connectivity index (χ2n) is 6.20. The average Bonchev–Trinajstić information content (AvgIpc) is 2.40. The Labute approximate surface area is 123 Å². The maximum atomic E-state index is 5.83.